The van der Waals surface area contributed by atoms with Crippen LogP contribution in [0, 0.1) is 0 Å². The third kappa shape index (κ3) is 2.93. The van der Waals surface area contributed by atoms with Crippen molar-refractivity contribution in [2.45, 2.75) is 0 Å². The van der Waals surface area contributed by atoms with Crippen LogP contribution >= 0.6 is 0 Å². The molecule has 1 fully saturated rings. The van der Waals surface area contributed by atoms with Crippen LogP contribution in [0.4, 0.5) is 16.2 Å². The van der Waals surface area contributed by atoms with Gasteiger partial charge in [0.1, 0.15) is 12.3 Å². The second-order valence-corrected chi connectivity index (χ2v) is 4.63. The smallest absolute Gasteiger partial charge is 0.320 e. The highest BCUT2D eigenvalue weighted by molar-refractivity contribution is 5.97. The van der Waals surface area contributed by atoms with Crippen molar-refractivity contribution >= 4 is 23.3 Å². The zero-order valence-electron chi connectivity index (χ0n) is 11.5. The molecule has 1 aliphatic heterocycles. The number of urea groups is 1. The van der Waals surface area contributed by atoms with E-state index in [2.05, 4.69) is 5.32 Å². The van der Waals surface area contributed by atoms with Gasteiger partial charge in [-0.2, -0.15) is 0 Å². The lowest BCUT2D eigenvalue weighted by Gasteiger charge is -2.16. The maximum Gasteiger partial charge on any atom is 0.320 e. The topological polar surface area (TPSA) is 87.9 Å². The van der Waals surface area contributed by atoms with E-state index in [1.54, 1.807) is 37.3 Å². The van der Waals surface area contributed by atoms with Gasteiger partial charge in [-0.1, -0.05) is 0 Å². The lowest BCUT2D eigenvalue weighted by Crippen LogP contribution is -2.36. The Bertz CT molecular complexity index is 532. The summed E-state index contributed by atoms with van der Waals surface area (Å²) < 4.78 is 5.04. The van der Waals surface area contributed by atoms with Crippen molar-refractivity contribution < 1.29 is 14.3 Å². The van der Waals surface area contributed by atoms with E-state index in [-0.39, 0.29) is 18.5 Å². The van der Waals surface area contributed by atoms with Gasteiger partial charge in [-0.25, -0.2) is 4.79 Å². The van der Waals surface area contributed by atoms with Gasteiger partial charge in [-0.15, -0.1) is 0 Å². The number of benzene rings is 1. The molecule has 0 bridgehead atoms. The fourth-order valence-corrected chi connectivity index (χ4v) is 1.99. The van der Waals surface area contributed by atoms with Crippen molar-refractivity contribution in [1.29, 1.82) is 0 Å². The zero-order valence-corrected chi connectivity index (χ0v) is 11.5. The predicted octanol–water partition coefficient (Wildman–Crippen LogP) is 0.583. The molecule has 3 amide bonds. The summed E-state index contributed by atoms with van der Waals surface area (Å²) in [5, 5.41) is 2.69. The zero-order chi connectivity index (χ0) is 14.7. The molecule has 0 aliphatic carbocycles. The fraction of sp³-hybridized carbons (Fsp3) is 0.385. The summed E-state index contributed by atoms with van der Waals surface area (Å²) in [6.45, 7) is 1.21. The van der Waals surface area contributed by atoms with Crippen LogP contribution < -0.4 is 15.8 Å². The highest BCUT2D eigenvalue weighted by Crippen LogP contribution is 2.24. The molecule has 1 heterocycles. The molecular weight excluding hydrogens is 260 g/mol. The highest BCUT2D eigenvalue weighted by Gasteiger charge is 2.26. The number of rotatable bonds is 4. The number of nitrogens with zero attached hydrogens (tertiary/aromatic N) is 2. The molecule has 0 atom stereocenters. The van der Waals surface area contributed by atoms with E-state index >= 15 is 0 Å². The van der Waals surface area contributed by atoms with Crippen molar-refractivity contribution in [3.8, 4) is 5.75 Å². The molecule has 0 radical (unpaired) electrons. The number of ether oxygens (including phenoxy) is 1. The second kappa shape index (κ2) is 5.68. The first kappa shape index (κ1) is 14.0. The van der Waals surface area contributed by atoms with Crippen LogP contribution in [0.1, 0.15) is 0 Å². The van der Waals surface area contributed by atoms with E-state index in [0.29, 0.717) is 30.2 Å². The number of methoxy groups -OCH3 is 1. The number of hydrogen-bond donors (Lipinski definition) is 2. The van der Waals surface area contributed by atoms with Gasteiger partial charge in [-0.3, -0.25) is 4.79 Å². The van der Waals surface area contributed by atoms with Crippen LogP contribution in [-0.4, -0.2) is 55.5 Å². The molecule has 0 saturated carbocycles. The largest absolute Gasteiger partial charge is 0.497 e. The first-order valence-electron chi connectivity index (χ1n) is 6.24. The highest BCUT2D eigenvalue weighted by atomic mass is 16.5. The Balaban J connectivity index is 1.96. The number of carbonyl (C=O) groups is 2. The minimum atomic E-state index is -0.273. The third-order valence-corrected chi connectivity index (χ3v) is 3.17. The van der Waals surface area contributed by atoms with E-state index in [1.165, 1.54) is 4.90 Å². The molecule has 3 N–H and O–H groups in total. The Morgan fingerprint density at radius 2 is 2.20 bits per heavy atom. The van der Waals surface area contributed by atoms with Crippen LogP contribution in [-0.2, 0) is 4.79 Å². The molecule has 1 aromatic rings. The Morgan fingerprint density at radius 3 is 2.75 bits per heavy atom. The second-order valence-electron chi connectivity index (χ2n) is 4.63. The van der Waals surface area contributed by atoms with Crippen molar-refractivity contribution in [2.24, 2.45) is 0 Å². The molecule has 7 heteroatoms. The number of amides is 3. The van der Waals surface area contributed by atoms with Crippen molar-refractivity contribution in [3.05, 3.63) is 18.2 Å². The number of hydrogen-bond acceptors (Lipinski definition) is 4. The van der Waals surface area contributed by atoms with E-state index < -0.39 is 0 Å². The van der Waals surface area contributed by atoms with Gasteiger partial charge in [0.05, 0.1) is 18.5 Å². The average Bonchev–Trinajstić information content (AvgIpc) is 2.73. The Labute approximate surface area is 117 Å². The summed E-state index contributed by atoms with van der Waals surface area (Å²) in [7, 11) is 3.25. The summed E-state index contributed by atoms with van der Waals surface area (Å²) in [5.74, 6) is 0.349. The minimum absolute atomic E-state index is 0.0225. The summed E-state index contributed by atoms with van der Waals surface area (Å²) in [6, 6.07) is 4.87. The summed E-state index contributed by atoms with van der Waals surface area (Å²) in [6.07, 6.45) is 0. The maximum atomic E-state index is 11.9. The minimum Gasteiger partial charge on any atom is -0.497 e. The van der Waals surface area contributed by atoms with Gasteiger partial charge in [0, 0.05) is 26.2 Å². The number of nitrogen functional groups attached to an aromatic ring is 1. The Morgan fingerprint density at radius 1 is 1.45 bits per heavy atom. The molecular formula is C13H18N4O3. The third-order valence-electron chi connectivity index (χ3n) is 3.17. The molecule has 1 saturated heterocycles. The molecule has 108 valence electrons. The van der Waals surface area contributed by atoms with E-state index in [0.717, 1.165) is 0 Å². The van der Waals surface area contributed by atoms with E-state index in [4.69, 9.17) is 10.5 Å². The lowest BCUT2D eigenvalue weighted by molar-refractivity contribution is -0.116. The maximum absolute atomic E-state index is 11.9. The molecule has 1 aromatic carbocycles. The van der Waals surface area contributed by atoms with Crippen molar-refractivity contribution in [2.75, 3.05) is 44.8 Å². The molecule has 0 unspecified atom stereocenters. The van der Waals surface area contributed by atoms with E-state index in [1.807, 2.05) is 0 Å². The SMILES string of the molecule is COc1ccc(NC(=O)CN2CCN(C)C2=O)c(N)c1. The first-order chi connectivity index (χ1) is 9.51. The Hall–Kier alpha value is -2.44. The lowest BCUT2D eigenvalue weighted by atomic mass is 10.2. The summed E-state index contributed by atoms with van der Waals surface area (Å²) >= 11 is 0. The van der Waals surface area contributed by atoms with Gasteiger partial charge >= 0.3 is 6.03 Å². The predicted molar refractivity (Wildman–Crippen MR) is 75.6 cm³/mol. The summed E-state index contributed by atoms with van der Waals surface area (Å²) in [5.41, 5.74) is 6.75. The standard InChI is InChI=1S/C13H18N4O3/c1-16-5-6-17(13(16)19)8-12(18)15-11-4-3-9(20-2)7-10(11)14/h3-4,7H,5-6,8,14H2,1-2H3,(H,15,18). The van der Waals surface area contributed by atoms with Gasteiger partial charge in [-0.05, 0) is 12.1 Å². The fourth-order valence-electron chi connectivity index (χ4n) is 1.99. The van der Waals surface area contributed by atoms with Gasteiger partial charge < -0.3 is 25.6 Å². The van der Waals surface area contributed by atoms with Crippen molar-refractivity contribution in [1.82, 2.24) is 9.80 Å². The normalized spacial score (nSPS) is 14.6. The van der Waals surface area contributed by atoms with E-state index in [9.17, 15) is 9.59 Å². The monoisotopic (exact) mass is 278 g/mol. The van der Waals surface area contributed by atoms with Crippen molar-refractivity contribution in [3.63, 3.8) is 0 Å². The van der Waals surface area contributed by atoms with Crippen LogP contribution in [0.3, 0.4) is 0 Å². The van der Waals surface area contributed by atoms with Crippen LogP contribution in [0.2, 0.25) is 0 Å². The number of likely N-dealkylation sites (N-methyl/N-ethyl adjacent to an activating group) is 1. The molecule has 0 spiro atoms. The first-order valence-corrected chi connectivity index (χ1v) is 6.24. The van der Waals surface area contributed by atoms with Gasteiger partial charge in [0.15, 0.2) is 0 Å². The molecule has 20 heavy (non-hydrogen) atoms. The molecule has 2 rings (SSSR count). The van der Waals surface area contributed by atoms with Crippen LogP contribution in [0.15, 0.2) is 18.2 Å². The summed E-state index contributed by atoms with van der Waals surface area (Å²) in [4.78, 5) is 26.7. The number of anilines is 2. The van der Waals surface area contributed by atoms with Gasteiger partial charge in [0.25, 0.3) is 0 Å². The average molecular weight is 278 g/mol. The molecule has 0 aromatic heterocycles. The van der Waals surface area contributed by atoms with Gasteiger partial charge in [0.2, 0.25) is 5.91 Å². The van der Waals surface area contributed by atoms with Crippen LogP contribution in [0.25, 0.3) is 0 Å². The number of nitrogens with one attached hydrogen (secondary N) is 1. The number of nitrogens with two attached hydrogens (primary N) is 1. The number of carbonyl (C=O) groups excluding carboxylic acids is 2. The molecule has 7 nitrogen and oxygen atoms in total. The van der Waals surface area contributed by atoms with Crippen LogP contribution in [0.5, 0.6) is 5.75 Å². The quantitative estimate of drug-likeness (QED) is 0.789. The Kier molecular flexibility index (Phi) is 3.97. The molecule has 1 aliphatic rings.